The van der Waals surface area contributed by atoms with E-state index in [1.54, 1.807) is 30.3 Å². The standard InChI is InChI=1S/C31H23F5N4O4/c1-30(2)15-40(27-24(41)12-11-18(26(27)30)28-38-22-13-19(32)20(33)14-25(22)43-28)23-6-4-3-5-21(23)39-29(42)37-16-7-9-17(10-8-16)44-31(34,35)36/h3-14,41H,15H2,1-2H3,(H2,37,39,42). The van der Waals surface area contributed by atoms with E-state index in [-0.39, 0.29) is 28.4 Å². The molecule has 6 rings (SSSR count). The summed E-state index contributed by atoms with van der Waals surface area (Å²) >= 11 is 0. The zero-order chi connectivity index (χ0) is 31.4. The normalized spacial score (nSPS) is 14.0. The molecule has 2 amide bonds. The average molecular weight is 611 g/mol. The smallest absolute Gasteiger partial charge is 0.506 e. The number of alkyl halides is 3. The first-order valence-corrected chi connectivity index (χ1v) is 13.2. The molecule has 0 aliphatic carbocycles. The van der Waals surface area contributed by atoms with E-state index < -0.39 is 35.2 Å². The molecule has 0 saturated heterocycles. The van der Waals surface area contributed by atoms with Crippen LogP contribution in [-0.4, -0.2) is 29.0 Å². The van der Waals surface area contributed by atoms with Crippen molar-refractivity contribution in [2.24, 2.45) is 0 Å². The van der Waals surface area contributed by atoms with Crippen LogP contribution in [0.25, 0.3) is 22.6 Å². The summed E-state index contributed by atoms with van der Waals surface area (Å²) in [6.45, 7) is 4.26. The van der Waals surface area contributed by atoms with Gasteiger partial charge in [0.05, 0.1) is 17.1 Å². The second-order valence-electron chi connectivity index (χ2n) is 10.7. The molecule has 0 spiro atoms. The number of oxazole rings is 1. The van der Waals surface area contributed by atoms with Crippen LogP contribution in [0, 0.1) is 11.6 Å². The molecule has 0 unspecified atom stereocenters. The summed E-state index contributed by atoms with van der Waals surface area (Å²) in [6.07, 6.45) is -4.84. The Morgan fingerprint density at radius 1 is 1.00 bits per heavy atom. The van der Waals surface area contributed by atoms with Crippen molar-refractivity contribution in [2.45, 2.75) is 25.6 Å². The second-order valence-corrected chi connectivity index (χ2v) is 10.7. The summed E-state index contributed by atoms with van der Waals surface area (Å²) in [5.41, 5.74) is 2.36. The Kier molecular flexibility index (Phi) is 6.82. The maximum Gasteiger partial charge on any atom is 0.573 e. The highest BCUT2D eigenvalue weighted by Gasteiger charge is 2.41. The minimum absolute atomic E-state index is 0.0528. The molecule has 1 aromatic heterocycles. The Labute approximate surface area is 246 Å². The van der Waals surface area contributed by atoms with Crippen LogP contribution in [0.4, 0.5) is 49.5 Å². The van der Waals surface area contributed by atoms with E-state index in [0.29, 0.717) is 34.7 Å². The number of carbonyl (C=O) groups excluding carboxylic acids is 1. The summed E-state index contributed by atoms with van der Waals surface area (Å²) in [6, 6.07) is 15.9. The summed E-state index contributed by atoms with van der Waals surface area (Å²) in [7, 11) is 0. The van der Waals surface area contributed by atoms with Crippen LogP contribution < -0.4 is 20.3 Å². The van der Waals surface area contributed by atoms with Gasteiger partial charge in [-0.3, -0.25) is 0 Å². The van der Waals surface area contributed by atoms with Gasteiger partial charge in [0, 0.05) is 35.3 Å². The van der Waals surface area contributed by atoms with E-state index in [0.717, 1.165) is 24.3 Å². The quantitative estimate of drug-likeness (QED) is 0.173. The number of amides is 2. The predicted molar refractivity (Wildman–Crippen MR) is 153 cm³/mol. The van der Waals surface area contributed by atoms with Crippen molar-refractivity contribution in [3.05, 3.63) is 90.0 Å². The first-order valence-electron chi connectivity index (χ1n) is 13.2. The first-order chi connectivity index (χ1) is 20.8. The molecule has 8 nitrogen and oxygen atoms in total. The zero-order valence-corrected chi connectivity index (χ0v) is 23.1. The largest absolute Gasteiger partial charge is 0.573 e. The third-order valence-corrected chi connectivity index (χ3v) is 7.11. The molecule has 0 radical (unpaired) electrons. The number of hydrogen-bond acceptors (Lipinski definition) is 6. The minimum atomic E-state index is -4.84. The second kappa shape index (κ2) is 10.4. The zero-order valence-electron chi connectivity index (χ0n) is 23.1. The number of halogens is 5. The van der Waals surface area contributed by atoms with Gasteiger partial charge in [-0.05, 0) is 54.1 Å². The third kappa shape index (κ3) is 5.43. The highest BCUT2D eigenvalue weighted by molar-refractivity contribution is 6.03. The maximum absolute atomic E-state index is 13.8. The summed E-state index contributed by atoms with van der Waals surface area (Å²) < 4.78 is 74.7. The number of fused-ring (bicyclic) bond motifs is 2. The molecule has 5 aromatic rings. The van der Waals surface area contributed by atoms with E-state index in [4.69, 9.17) is 4.42 Å². The highest BCUT2D eigenvalue weighted by atomic mass is 19.4. The van der Waals surface area contributed by atoms with Crippen molar-refractivity contribution in [1.82, 2.24) is 4.98 Å². The fourth-order valence-electron chi connectivity index (χ4n) is 5.35. The lowest BCUT2D eigenvalue weighted by molar-refractivity contribution is -0.274. The number of hydrogen-bond donors (Lipinski definition) is 3. The number of carbonyl (C=O) groups is 1. The summed E-state index contributed by atoms with van der Waals surface area (Å²) in [5.74, 6) is -2.49. The molecular weight excluding hydrogens is 587 g/mol. The fourth-order valence-corrected chi connectivity index (χ4v) is 5.35. The Balaban J connectivity index is 1.32. The van der Waals surface area contributed by atoms with E-state index in [2.05, 4.69) is 20.4 Å². The third-order valence-electron chi connectivity index (χ3n) is 7.11. The van der Waals surface area contributed by atoms with Gasteiger partial charge in [0.2, 0.25) is 5.89 Å². The molecule has 3 N–H and O–H groups in total. The van der Waals surface area contributed by atoms with Crippen molar-refractivity contribution in [2.75, 3.05) is 22.1 Å². The molecule has 0 atom stereocenters. The highest BCUT2D eigenvalue weighted by Crippen LogP contribution is 2.53. The van der Waals surface area contributed by atoms with E-state index in [1.807, 2.05) is 18.7 Å². The van der Waals surface area contributed by atoms with Crippen molar-refractivity contribution in [3.8, 4) is 23.0 Å². The Bertz CT molecular complexity index is 1870. The number of rotatable bonds is 5. The van der Waals surface area contributed by atoms with Gasteiger partial charge in [-0.2, -0.15) is 0 Å². The molecule has 0 saturated carbocycles. The lowest BCUT2D eigenvalue weighted by Gasteiger charge is -2.25. The molecule has 2 heterocycles. The number of nitrogens with zero attached hydrogens (tertiary/aromatic N) is 2. The Morgan fingerprint density at radius 2 is 1.70 bits per heavy atom. The number of aromatic hydroxyl groups is 1. The van der Waals surface area contributed by atoms with E-state index >= 15 is 0 Å². The number of aromatic nitrogens is 1. The Morgan fingerprint density at radius 3 is 2.43 bits per heavy atom. The number of nitrogens with one attached hydrogen (secondary N) is 2. The van der Waals surface area contributed by atoms with Gasteiger partial charge in [0.25, 0.3) is 0 Å². The van der Waals surface area contributed by atoms with Crippen molar-refractivity contribution < 1.29 is 41.0 Å². The lowest BCUT2D eigenvalue weighted by atomic mass is 9.83. The van der Waals surface area contributed by atoms with Crippen molar-refractivity contribution in [3.63, 3.8) is 0 Å². The van der Waals surface area contributed by atoms with Gasteiger partial charge in [-0.25, -0.2) is 18.6 Å². The number of urea groups is 1. The van der Waals surface area contributed by atoms with Gasteiger partial charge in [-0.1, -0.05) is 26.0 Å². The number of para-hydroxylation sites is 2. The average Bonchev–Trinajstić information content (AvgIpc) is 3.48. The molecule has 0 fully saturated rings. The molecule has 0 bridgehead atoms. The fraction of sp³-hybridized carbons (Fsp3) is 0.161. The number of anilines is 4. The summed E-state index contributed by atoms with van der Waals surface area (Å²) in [5, 5.41) is 16.4. The van der Waals surface area contributed by atoms with Crippen LogP contribution in [0.5, 0.6) is 11.5 Å². The van der Waals surface area contributed by atoms with Gasteiger partial charge in [-0.15, -0.1) is 13.2 Å². The van der Waals surface area contributed by atoms with Gasteiger partial charge >= 0.3 is 12.4 Å². The van der Waals surface area contributed by atoms with E-state index in [9.17, 15) is 31.9 Å². The van der Waals surface area contributed by atoms with Crippen LogP contribution in [0.1, 0.15) is 19.4 Å². The van der Waals surface area contributed by atoms with Gasteiger partial charge in [0.1, 0.15) is 17.0 Å². The maximum atomic E-state index is 13.8. The molecule has 1 aliphatic rings. The first kappa shape index (κ1) is 28.8. The molecule has 44 heavy (non-hydrogen) atoms. The molecule has 1 aliphatic heterocycles. The van der Waals surface area contributed by atoms with Crippen LogP contribution in [0.3, 0.4) is 0 Å². The number of ether oxygens (including phenoxy) is 1. The number of phenolic OH excluding ortho intramolecular Hbond substituents is 1. The van der Waals surface area contributed by atoms with Crippen molar-refractivity contribution >= 4 is 39.9 Å². The van der Waals surface area contributed by atoms with Gasteiger partial charge in [0.15, 0.2) is 17.2 Å². The van der Waals surface area contributed by atoms with Gasteiger partial charge < -0.3 is 29.8 Å². The molecule has 13 heteroatoms. The molecule has 226 valence electrons. The number of phenols is 1. The van der Waals surface area contributed by atoms with Crippen molar-refractivity contribution in [1.29, 1.82) is 0 Å². The lowest BCUT2D eigenvalue weighted by Crippen LogP contribution is -2.27. The van der Waals surface area contributed by atoms with E-state index in [1.165, 1.54) is 18.2 Å². The monoisotopic (exact) mass is 610 g/mol. The minimum Gasteiger partial charge on any atom is -0.506 e. The topological polar surface area (TPSA) is 99.9 Å². The molecule has 4 aromatic carbocycles. The summed E-state index contributed by atoms with van der Waals surface area (Å²) in [4.78, 5) is 19.1. The molecular formula is C31H23F5N4O4. The van der Waals surface area contributed by atoms with Crippen LogP contribution in [0.2, 0.25) is 0 Å². The van der Waals surface area contributed by atoms with Crippen LogP contribution in [0.15, 0.2) is 77.2 Å². The SMILES string of the molecule is CC1(C)CN(c2ccccc2NC(=O)Nc2ccc(OC(F)(F)F)cc2)c2c(O)ccc(-c3nc4cc(F)c(F)cc4o3)c21. The van der Waals surface area contributed by atoms with Crippen LogP contribution >= 0.6 is 0 Å². The predicted octanol–water partition coefficient (Wildman–Crippen LogP) is 8.45. The van der Waals surface area contributed by atoms with Crippen LogP contribution in [-0.2, 0) is 5.41 Å². The Hall–Kier alpha value is -5.33. The number of benzene rings is 4.